The fourth-order valence-corrected chi connectivity index (χ4v) is 5.37. The Labute approximate surface area is 216 Å². The summed E-state index contributed by atoms with van der Waals surface area (Å²) in [6.07, 6.45) is 9.86. The number of carbonyl (C=O) groups is 2. The predicted octanol–water partition coefficient (Wildman–Crippen LogP) is 5.93. The van der Waals surface area contributed by atoms with E-state index in [1.54, 1.807) is 6.20 Å². The van der Waals surface area contributed by atoms with Crippen molar-refractivity contribution in [3.8, 4) is 11.1 Å². The van der Waals surface area contributed by atoms with Crippen molar-refractivity contribution in [2.24, 2.45) is 5.92 Å². The molecule has 1 unspecified atom stereocenters. The smallest absolute Gasteiger partial charge is 0.251 e. The average Bonchev–Trinajstić information content (AvgIpc) is 3.28. The monoisotopic (exact) mass is 505 g/mol. The van der Waals surface area contributed by atoms with Gasteiger partial charge in [-0.2, -0.15) is 0 Å². The van der Waals surface area contributed by atoms with Crippen LogP contribution >= 0.6 is 11.6 Å². The van der Waals surface area contributed by atoms with Crippen LogP contribution in [0.1, 0.15) is 60.5 Å². The van der Waals surface area contributed by atoms with Crippen LogP contribution in [0.25, 0.3) is 22.0 Å². The molecule has 1 fully saturated rings. The Morgan fingerprint density at radius 1 is 1.08 bits per heavy atom. The highest BCUT2D eigenvalue weighted by Gasteiger charge is 2.28. The molecule has 0 aliphatic carbocycles. The molecule has 3 aromatic rings. The number of fused-ring (bicyclic) bond motifs is 1. The van der Waals surface area contributed by atoms with Crippen LogP contribution in [0.15, 0.2) is 54.7 Å². The van der Waals surface area contributed by atoms with E-state index in [9.17, 15) is 9.59 Å². The van der Waals surface area contributed by atoms with Crippen molar-refractivity contribution in [2.45, 2.75) is 44.4 Å². The number of unbranched alkanes of at least 4 members (excludes halogenated alkanes) is 1. The number of benzene rings is 2. The van der Waals surface area contributed by atoms with E-state index >= 15 is 0 Å². The zero-order valence-corrected chi connectivity index (χ0v) is 21.1. The third kappa shape index (κ3) is 5.50. The fourth-order valence-electron chi connectivity index (χ4n) is 5.24. The molecular formula is C29H32ClN3O3. The van der Waals surface area contributed by atoms with Gasteiger partial charge < -0.3 is 20.4 Å². The number of allylic oxidation sites excluding steroid dienone is 1. The maximum absolute atomic E-state index is 13.0. The van der Waals surface area contributed by atoms with Crippen molar-refractivity contribution in [1.82, 2.24) is 15.6 Å². The highest BCUT2D eigenvalue weighted by molar-refractivity contribution is 6.30. The summed E-state index contributed by atoms with van der Waals surface area (Å²) in [5, 5.41) is 7.46. The Morgan fingerprint density at radius 3 is 2.67 bits per heavy atom. The molecule has 0 bridgehead atoms. The average molecular weight is 506 g/mol. The molecule has 0 spiro atoms. The third-order valence-corrected chi connectivity index (χ3v) is 7.52. The molecule has 5 rings (SSSR count). The molecule has 2 aromatic carbocycles. The number of aromatic nitrogens is 1. The number of nitrogens with one attached hydrogen (secondary N) is 3. The van der Waals surface area contributed by atoms with Crippen LogP contribution in [0.5, 0.6) is 0 Å². The topological polar surface area (TPSA) is 83.2 Å². The van der Waals surface area contributed by atoms with Gasteiger partial charge in [0.25, 0.3) is 5.91 Å². The first-order chi connectivity index (χ1) is 17.6. The molecule has 7 heteroatoms. The molecule has 3 heterocycles. The lowest BCUT2D eigenvalue weighted by Gasteiger charge is -2.21. The maximum Gasteiger partial charge on any atom is 0.251 e. The minimum atomic E-state index is -0.332. The summed E-state index contributed by atoms with van der Waals surface area (Å²) in [5.74, 6) is 0.304. The minimum absolute atomic E-state index is 0.0435. The molecule has 3 N–H and O–H groups in total. The molecule has 6 nitrogen and oxygen atoms in total. The van der Waals surface area contributed by atoms with Gasteiger partial charge in [0.2, 0.25) is 5.91 Å². The number of amides is 2. The van der Waals surface area contributed by atoms with Crippen molar-refractivity contribution in [1.29, 1.82) is 0 Å². The van der Waals surface area contributed by atoms with Crippen molar-refractivity contribution in [3.05, 3.63) is 71.0 Å². The number of aromatic amines is 1. The minimum Gasteiger partial charge on any atom is -0.381 e. The molecular weight excluding hydrogens is 474 g/mol. The molecule has 188 valence electrons. The van der Waals surface area contributed by atoms with Crippen LogP contribution in [0, 0.1) is 5.92 Å². The second kappa shape index (κ2) is 11.3. The van der Waals surface area contributed by atoms with Gasteiger partial charge in [0.1, 0.15) is 0 Å². The van der Waals surface area contributed by atoms with E-state index in [-0.39, 0.29) is 17.7 Å². The Balaban J connectivity index is 1.35. The Bertz CT molecular complexity index is 1260. The van der Waals surface area contributed by atoms with E-state index < -0.39 is 0 Å². The number of carbonyl (C=O) groups excluding carboxylic acids is 2. The van der Waals surface area contributed by atoms with Gasteiger partial charge in [-0.25, -0.2) is 0 Å². The molecule has 1 atom stereocenters. The van der Waals surface area contributed by atoms with E-state index in [1.807, 2.05) is 48.5 Å². The highest BCUT2D eigenvalue weighted by atomic mass is 35.5. The van der Waals surface area contributed by atoms with Crippen molar-refractivity contribution >= 4 is 34.3 Å². The lowest BCUT2D eigenvalue weighted by atomic mass is 9.91. The second-order valence-corrected chi connectivity index (χ2v) is 10.1. The van der Waals surface area contributed by atoms with Crippen LogP contribution in [-0.4, -0.2) is 36.6 Å². The van der Waals surface area contributed by atoms with Crippen LogP contribution in [0.4, 0.5) is 0 Å². The summed E-state index contributed by atoms with van der Waals surface area (Å²) < 4.78 is 5.43. The van der Waals surface area contributed by atoms with Gasteiger partial charge in [-0.05, 0) is 73.7 Å². The largest absolute Gasteiger partial charge is 0.381 e. The van der Waals surface area contributed by atoms with E-state index in [2.05, 4.69) is 15.6 Å². The molecule has 2 amide bonds. The Morgan fingerprint density at radius 2 is 1.89 bits per heavy atom. The summed E-state index contributed by atoms with van der Waals surface area (Å²) in [6, 6.07) is 13.3. The first-order valence-corrected chi connectivity index (χ1v) is 13.2. The van der Waals surface area contributed by atoms with E-state index in [1.165, 1.54) is 6.42 Å². The molecule has 2 aliphatic rings. The van der Waals surface area contributed by atoms with Gasteiger partial charge in [0, 0.05) is 52.5 Å². The SMILES string of the molecule is O=C(NCCCCC1CCOCC1)c1ccc2[nH]c(C3CC=CNC3=O)c(-c3ccc(Cl)cc3)c2c1. The van der Waals surface area contributed by atoms with Crippen molar-refractivity contribution in [2.75, 3.05) is 19.8 Å². The molecule has 0 saturated carbocycles. The zero-order valence-electron chi connectivity index (χ0n) is 20.3. The van der Waals surface area contributed by atoms with Gasteiger partial charge in [0.15, 0.2) is 0 Å². The summed E-state index contributed by atoms with van der Waals surface area (Å²) >= 11 is 6.15. The number of hydrogen-bond donors (Lipinski definition) is 3. The molecule has 1 saturated heterocycles. The third-order valence-electron chi connectivity index (χ3n) is 7.27. The quantitative estimate of drug-likeness (QED) is 0.332. The zero-order chi connectivity index (χ0) is 24.9. The van der Waals surface area contributed by atoms with Crippen molar-refractivity contribution in [3.63, 3.8) is 0 Å². The van der Waals surface area contributed by atoms with Crippen LogP contribution in [0.2, 0.25) is 5.02 Å². The Hall–Kier alpha value is -3.09. The van der Waals surface area contributed by atoms with Gasteiger partial charge in [-0.15, -0.1) is 0 Å². The first kappa shape index (κ1) is 24.6. The number of rotatable bonds is 8. The van der Waals surface area contributed by atoms with E-state index in [4.69, 9.17) is 16.3 Å². The first-order valence-electron chi connectivity index (χ1n) is 12.8. The van der Waals surface area contributed by atoms with E-state index in [0.29, 0.717) is 23.6 Å². The molecule has 0 radical (unpaired) electrons. The normalized spacial score (nSPS) is 18.4. The number of hydrogen-bond acceptors (Lipinski definition) is 3. The number of ether oxygens (including phenoxy) is 1. The second-order valence-electron chi connectivity index (χ2n) is 9.69. The van der Waals surface area contributed by atoms with Crippen LogP contribution in [-0.2, 0) is 9.53 Å². The summed E-state index contributed by atoms with van der Waals surface area (Å²) in [7, 11) is 0. The molecule has 2 aliphatic heterocycles. The Kier molecular flexibility index (Phi) is 7.73. The predicted molar refractivity (Wildman–Crippen MR) is 143 cm³/mol. The number of H-pyrrole nitrogens is 1. The van der Waals surface area contributed by atoms with Crippen LogP contribution < -0.4 is 10.6 Å². The standard InChI is InChI=1S/C29H32ClN3O3/c30-22-9-6-20(7-10-22)26-24-18-21(28(34)31-14-2-1-4-19-12-16-36-17-13-19)8-11-25(24)33-27(26)23-5-3-15-32-29(23)35/h3,6-11,15,18-19,23,33H,1-2,4-5,12-14,16-17H2,(H,31,34)(H,32,35). The summed E-state index contributed by atoms with van der Waals surface area (Å²) in [4.78, 5) is 29.1. The van der Waals surface area contributed by atoms with E-state index in [0.717, 1.165) is 72.5 Å². The lowest BCUT2D eigenvalue weighted by molar-refractivity contribution is -0.121. The van der Waals surface area contributed by atoms with Gasteiger partial charge >= 0.3 is 0 Å². The summed E-state index contributed by atoms with van der Waals surface area (Å²) in [6.45, 7) is 2.42. The molecule has 1 aromatic heterocycles. The summed E-state index contributed by atoms with van der Waals surface area (Å²) in [5.41, 5.74) is 4.24. The fraction of sp³-hybridized carbons (Fsp3) is 0.379. The van der Waals surface area contributed by atoms with Gasteiger partial charge in [-0.3, -0.25) is 9.59 Å². The van der Waals surface area contributed by atoms with Crippen LogP contribution in [0.3, 0.4) is 0 Å². The van der Waals surface area contributed by atoms with Gasteiger partial charge in [0.05, 0.1) is 5.92 Å². The van der Waals surface area contributed by atoms with Crippen molar-refractivity contribution < 1.29 is 14.3 Å². The molecule has 36 heavy (non-hydrogen) atoms. The van der Waals surface area contributed by atoms with Gasteiger partial charge in [-0.1, -0.05) is 42.7 Å². The maximum atomic E-state index is 13.0. The lowest BCUT2D eigenvalue weighted by Crippen LogP contribution is -2.28. The number of halogens is 1. The highest BCUT2D eigenvalue weighted by Crippen LogP contribution is 2.39.